The van der Waals surface area contributed by atoms with Gasteiger partial charge in [0.05, 0.1) is 10.6 Å². The van der Waals surface area contributed by atoms with Crippen LogP contribution in [0.3, 0.4) is 0 Å². The first-order valence-electron chi connectivity index (χ1n) is 7.72. The van der Waals surface area contributed by atoms with Gasteiger partial charge in [-0.15, -0.1) is 12.4 Å². The van der Waals surface area contributed by atoms with Crippen molar-refractivity contribution in [1.82, 2.24) is 4.90 Å². The number of hydrogen-bond acceptors (Lipinski definition) is 6. The monoisotopic (exact) mass is 370 g/mol. The van der Waals surface area contributed by atoms with E-state index >= 15 is 0 Å². The van der Waals surface area contributed by atoms with E-state index in [1.165, 1.54) is 23.1 Å². The number of likely N-dealkylation sites (tertiary alicyclic amines) is 1. The van der Waals surface area contributed by atoms with Gasteiger partial charge in [0.25, 0.3) is 11.6 Å². The molecule has 1 atom stereocenters. The summed E-state index contributed by atoms with van der Waals surface area (Å²) >= 11 is 0. The Labute approximate surface area is 150 Å². The Hall–Kier alpha value is -2.39. The van der Waals surface area contributed by atoms with Crippen molar-refractivity contribution < 1.29 is 19.2 Å². The zero-order valence-electron chi connectivity index (χ0n) is 13.4. The van der Waals surface area contributed by atoms with Crippen LogP contribution in [0.25, 0.3) is 0 Å². The van der Waals surface area contributed by atoms with E-state index in [4.69, 9.17) is 10.5 Å². The maximum absolute atomic E-state index is 12.6. The number of non-ortho nitro benzene ring substituents is 1. The van der Waals surface area contributed by atoms with Gasteiger partial charge in [-0.3, -0.25) is 24.6 Å². The number of rotatable bonds is 4. The topological polar surface area (TPSA) is 119 Å². The smallest absolute Gasteiger partial charge is 0.271 e. The summed E-state index contributed by atoms with van der Waals surface area (Å²) in [4.78, 5) is 38.1. The summed E-state index contributed by atoms with van der Waals surface area (Å²) in [5.74, 6) is -0.264. The number of amides is 2. The minimum Gasteiger partial charge on any atom is -0.482 e. The van der Waals surface area contributed by atoms with Crippen LogP contribution in [0.4, 0.5) is 11.4 Å². The number of carbonyl (C=O) groups excluding carboxylic acids is 2. The van der Waals surface area contributed by atoms with Crippen LogP contribution in [0.1, 0.15) is 12.8 Å². The average molecular weight is 371 g/mol. The highest BCUT2D eigenvalue weighted by atomic mass is 35.5. The number of fused-ring (bicyclic) bond motifs is 1. The molecule has 1 fully saturated rings. The summed E-state index contributed by atoms with van der Waals surface area (Å²) in [6.45, 7) is 0.622. The molecule has 2 aliphatic heterocycles. The first-order valence-corrected chi connectivity index (χ1v) is 7.72. The fraction of sp³-hybridized carbons (Fsp3) is 0.467. The second kappa shape index (κ2) is 7.66. The molecule has 2 amide bonds. The van der Waals surface area contributed by atoms with Gasteiger partial charge >= 0.3 is 0 Å². The predicted molar refractivity (Wildman–Crippen MR) is 92.0 cm³/mol. The number of anilines is 1. The van der Waals surface area contributed by atoms with Crippen molar-refractivity contribution >= 4 is 35.6 Å². The van der Waals surface area contributed by atoms with Gasteiger partial charge in [-0.1, -0.05) is 0 Å². The molecule has 0 bridgehead atoms. The second-order valence-electron chi connectivity index (χ2n) is 5.80. The lowest BCUT2D eigenvalue weighted by Gasteiger charge is -2.31. The minimum atomic E-state index is -0.551. The summed E-state index contributed by atoms with van der Waals surface area (Å²) in [7, 11) is 0. The van der Waals surface area contributed by atoms with Crippen LogP contribution in [0.2, 0.25) is 0 Å². The number of carbonyl (C=O) groups is 2. The number of nitrogens with two attached hydrogens (primary N) is 1. The van der Waals surface area contributed by atoms with Gasteiger partial charge in [-0.25, -0.2) is 0 Å². The van der Waals surface area contributed by atoms with E-state index in [-0.39, 0.29) is 48.9 Å². The van der Waals surface area contributed by atoms with Crippen molar-refractivity contribution in [1.29, 1.82) is 0 Å². The van der Waals surface area contributed by atoms with Crippen molar-refractivity contribution in [2.45, 2.75) is 18.9 Å². The third-order valence-corrected chi connectivity index (χ3v) is 4.36. The maximum atomic E-state index is 12.6. The van der Waals surface area contributed by atoms with E-state index in [0.717, 1.165) is 12.8 Å². The maximum Gasteiger partial charge on any atom is 0.271 e. The fourth-order valence-electron chi connectivity index (χ4n) is 3.11. The quantitative estimate of drug-likeness (QED) is 0.615. The summed E-state index contributed by atoms with van der Waals surface area (Å²) in [6.07, 6.45) is 1.73. The Balaban J connectivity index is 0.00000225. The number of hydrogen-bond donors (Lipinski definition) is 1. The Kier molecular flexibility index (Phi) is 5.81. The molecule has 0 aromatic heterocycles. The molecule has 0 aliphatic carbocycles. The molecular formula is C15H19ClN4O5. The lowest BCUT2D eigenvalue weighted by molar-refractivity contribution is -0.384. The number of halogens is 1. The van der Waals surface area contributed by atoms with E-state index in [1.807, 2.05) is 0 Å². The molecule has 10 heteroatoms. The molecule has 2 aliphatic rings. The van der Waals surface area contributed by atoms with Gasteiger partial charge in [0, 0.05) is 31.3 Å². The van der Waals surface area contributed by atoms with Gasteiger partial charge < -0.3 is 15.4 Å². The molecule has 0 spiro atoms. The molecule has 0 saturated carbocycles. The Morgan fingerprint density at radius 3 is 2.88 bits per heavy atom. The zero-order chi connectivity index (χ0) is 17.3. The average Bonchev–Trinajstić information content (AvgIpc) is 3.05. The normalized spacial score (nSPS) is 19.1. The highest BCUT2D eigenvalue weighted by molar-refractivity contribution is 6.02. The first kappa shape index (κ1) is 18.9. The standard InChI is InChI=1S/C15H18N4O5.ClH/c16-7-11-2-1-5-17(11)14(20)8-18-12-6-10(19(22)23)3-4-13(12)24-9-15(18)21;/h3-4,6,11H,1-2,5,7-9,16H2;1H. The van der Waals surface area contributed by atoms with Crippen LogP contribution in [0.15, 0.2) is 18.2 Å². The Morgan fingerprint density at radius 2 is 2.20 bits per heavy atom. The fourth-order valence-corrected chi connectivity index (χ4v) is 3.11. The largest absolute Gasteiger partial charge is 0.482 e. The van der Waals surface area contributed by atoms with Crippen LogP contribution in [-0.2, 0) is 9.59 Å². The van der Waals surface area contributed by atoms with E-state index in [0.29, 0.717) is 18.8 Å². The molecule has 2 N–H and O–H groups in total. The van der Waals surface area contributed by atoms with Crippen molar-refractivity contribution in [3.63, 3.8) is 0 Å². The Bertz CT molecular complexity index is 698. The molecular weight excluding hydrogens is 352 g/mol. The van der Waals surface area contributed by atoms with Crippen molar-refractivity contribution in [2.24, 2.45) is 5.73 Å². The molecule has 0 radical (unpaired) electrons. The lowest BCUT2D eigenvalue weighted by Crippen LogP contribution is -2.49. The number of nitro groups is 1. The zero-order valence-corrected chi connectivity index (χ0v) is 14.2. The van der Waals surface area contributed by atoms with Gasteiger partial charge in [0.15, 0.2) is 6.61 Å². The van der Waals surface area contributed by atoms with Crippen LogP contribution in [0.5, 0.6) is 5.75 Å². The van der Waals surface area contributed by atoms with Crippen molar-refractivity contribution in [2.75, 3.05) is 31.1 Å². The first-order chi connectivity index (χ1) is 11.5. The van der Waals surface area contributed by atoms with Crippen LogP contribution >= 0.6 is 12.4 Å². The summed E-state index contributed by atoms with van der Waals surface area (Å²) in [5, 5.41) is 11.0. The number of nitrogens with zero attached hydrogens (tertiary/aromatic N) is 3. The van der Waals surface area contributed by atoms with Gasteiger partial charge in [-0.05, 0) is 18.9 Å². The summed E-state index contributed by atoms with van der Waals surface area (Å²) < 4.78 is 5.29. The molecule has 3 rings (SSSR count). The third-order valence-electron chi connectivity index (χ3n) is 4.36. The molecule has 1 aromatic carbocycles. The van der Waals surface area contributed by atoms with E-state index in [2.05, 4.69) is 0 Å². The Morgan fingerprint density at radius 1 is 1.44 bits per heavy atom. The molecule has 1 aromatic rings. The molecule has 1 unspecified atom stereocenters. The molecule has 25 heavy (non-hydrogen) atoms. The van der Waals surface area contributed by atoms with Crippen LogP contribution < -0.4 is 15.4 Å². The molecule has 1 saturated heterocycles. The third kappa shape index (κ3) is 3.67. The molecule has 136 valence electrons. The molecule has 9 nitrogen and oxygen atoms in total. The van der Waals surface area contributed by atoms with Crippen LogP contribution in [0, 0.1) is 10.1 Å². The van der Waals surface area contributed by atoms with Gasteiger partial charge in [-0.2, -0.15) is 0 Å². The van der Waals surface area contributed by atoms with E-state index < -0.39 is 10.8 Å². The second-order valence-corrected chi connectivity index (χ2v) is 5.80. The highest BCUT2D eigenvalue weighted by Gasteiger charge is 2.33. The van der Waals surface area contributed by atoms with Crippen molar-refractivity contribution in [3.05, 3.63) is 28.3 Å². The van der Waals surface area contributed by atoms with Crippen molar-refractivity contribution in [3.8, 4) is 5.75 Å². The van der Waals surface area contributed by atoms with Crippen LogP contribution in [-0.4, -0.2) is 53.9 Å². The van der Waals surface area contributed by atoms with Gasteiger partial charge in [0.1, 0.15) is 12.3 Å². The minimum absolute atomic E-state index is 0. The predicted octanol–water partition coefficient (Wildman–Crippen LogP) is 0.692. The summed E-state index contributed by atoms with van der Waals surface area (Å²) in [6, 6.07) is 3.98. The van der Waals surface area contributed by atoms with E-state index in [1.54, 1.807) is 4.90 Å². The molecule has 2 heterocycles. The summed E-state index contributed by atoms with van der Waals surface area (Å²) in [5.41, 5.74) is 5.77. The number of benzene rings is 1. The number of nitro benzene ring substituents is 1. The van der Waals surface area contributed by atoms with Gasteiger partial charge in [0.2, 0.25) is 5.91 Å². The van der Waals surface area contributed by atoms with E-state index in [9.17, 15) is 19.7 Å². The SMILES string of the molecule is Cl.NCC1CCCN1C(=O)CN1C(=O)COc2ccc([N+](=O)[O-])cc21. The lowest BCUT2D eigenvalue weighted by atomic mass is 10.2. The number of ether oxygens (including phenoxy) is 1. The highest BCUT2D eigenvalue weighted by Crippen LogP contribution is 2.35.